The number of carbonyl (C=O) groups excluding carboxylic acids is 1. The van der Waals surface area contributed by atoms with E-state index in [1.807, 2.05) is 24.8 Å². The van der Waals surface area contributed by atoms with E-state index in [2.05, 4.69) is 28.8 Å². The Kier molecular flexibility index (Phi) is 3.51. The molecular formula is C12H16N2OS. The third-order valence-electron chi connectivity index (χ3n) is 2.79. The molecule has 4 heteroatoms. The van der Waals surface area contributed by atoms with Gasteiger partial charge < -0.3 is 5.32 Å². The van der Waals surface area contributed by atoms with Crippen LogP contribution in [0.3, 0.4) is 0 Å². The Labute approximate surface area is 100.0 Å². The van der Waals surface area contributed by atoms with Crippen molar-refractivity contribution in [2.24, 2.45) is 0 Å². The molecule has 0 saturated carbocycles. The second-order valence-corrected chi connectivity index (χ2v) is 4.97. The van der Waals surface area contributed by atoms with Crippen LogP contribution in [0.1, 0.15) is 18.5 Å². The van der Waals surface area contributed by atoms with Crippen molar-refractivity contribution in [1.29, 1.82) is 0 Å². The van der Waals surface area contributed by atoms with Crippen LogP contribution in [0.4, 0.5) is 0 Å². The highest BCUT2D eigenvalue weighted by Crippen LogP contribution is 2.37. The fourth-order valence-electron chi connectivity index (χ4n) is 1.89. The van der Waals surface area contributed by atoms with Gasteiger partial charge in [-0.3, -0.25) is 10.1 Å². The normalized spacial score (nSPS) is 20.2. The molecule has 1 aromatic carbocycles. The molecule has 2 atom stereocenters. The monoisotopic (exact) mass is 236 g/mol. The largest absolute Gasteiger partial charge is 0.358 e. The van der Waals surface area contributed by atoms with Crippen LogP contribution in [-0.4, -0.2) is 24.7 Å². The summed E-state index contributed by atoms with van der Waals surface area (Å²) in [6.07, 6.45) is 0. The maximum atomic E-state index is 11.4. The van der Waals surface area contributed by atoms with E-state index in [1.54, 1.807) is 7.05 Å². The van der Waals surface area contributed by atoms with Gasteiger partial charge in [0.2, 0.25) is 5.91 Å². The number of rotatable bonds is 3. The first-order valence-electron chi connectivity index (χ1n) is 5.41. The second kappa shape index (κ2) is 4.89. The highest BCUT2D eigenvalue weighted by Gasteiger charge is 2.25. The fraction of sp³-hybridized carbons (Fsp3) is 0.417. The molecule has 2 N–H and O–H groups in total. The Bertz CT molecular complexity index is 394. The minimum absolute atomic E-state index is 0.0365. The minimum atomic E-state index is -0.151. The van der Waals surface area contributed by atoms with Crippen LogP contribution in [0.15, 0.2) is 29.2 Å². The summed E-state index contributed by atoms with van der Waals surface area (Å²) < 4.78 is 0. The van der Waals surface area contributed by atoms with Gasteiger partial charge in [0.25, 0.3) is 0 Å². The van der Waals surface area contributed by atoms with Crippen molar-refractivity contribution in [2.75, 3.05) is 12.8 Å². The van der Waals surface area contributed by atoms with Crippen LogP contribution in [0.25, 0.3) is 0 Å². The smallest absolute Gasteiger partial charge is 0.236 e. The number of likely N-dealkylation sites (N-methyl/N-ethyl adjacent to an activating group) is 1. The Morgan fingerprint density at radius 1 is 1.50 bits per heavy atom. The zero-order chi connectivity index (χ0) is 11.5. The molecule has 2 unspecified atom stereocenters. The quantitative estimate of drug-likeness (QED) is 0.837. The van der Waals surface area contributed by atoms with Crippen LogP contribution in [0.2, 0.25) is 0 Å². The van der Waals surface area contributed by atoms with E-state index >= 15 is 0 Å². The Morgan fingerprint density at radius 3 is 3.00 bits per heavy atom. The first-order chi connectivity index (χ1) is 7.72. The predicted octanol–water partition coefficient (Wildman–Crippen LogP) is 1.56. The molecule has 1 aromatic rings. The van der Waals surface area contributed by atoms with Crippen LogP contribution < -0.4 is 10.6 Å². The highest BCUT2D eigenvalue weighted by molar-refractivity contribution is 7.99. The van der Waals surface area contributed by atoms with Crippen molar-refractivity contribution in [3.8, 4) is 0 Å². The van der Waals surface area contributed by atoms with Gasteiger partial charge in [-0.1, -0.05) is 18.2 Å². The zero-order valence-electron chi connectivity index (χ0n) is 9.49. The van der Waals surface area contributed by atoms with Crippen LogP contribution >= 0.6 is 11.8 Å². The lowest BCUT2D eigenvalue weighted by atomic mass is 10.1. The molecule has 86 valence electrons. The van der Waals surface area contributed by atoms with Crippen LogP contribution in [-0.2, 0) is 4.79 Å². The van der Waals surface area contributed by atoms with Gasteiger partial charge in [0, 0.05) is 23.7 Å². The second-order valence-electron chi connectivity index (χ2n) is 3.90. The summed E-state index contributed by atoms with van der Waals surface area (Å²) in [7, 11) is 1.66. The van der Waals surface area contributed by atoms with E-state index in [0.717, 1.165) is 5.75 Å². The average Bonchev–Trinajstić information content (AvgIpc) is 2.72. The lowest BCUT2D eigenvalue weighted by Crippen LogP contribution is -2.42. The molecule has 0 aromatic heterocycles. The molecule has 16 heavy (non-hydrogen) atoms. The summed E-state index contributed by atoms with van der Waals surface area (Å²) >= 11 is 1.84. The van der Waals surface area contributed by atoms with Crippen molar-refractivity contribution >= 4 is 17.7 Å². The van der Waals surface area contributed by atoms with E-state index in [9.17, 15) is 4.79 Å². The summed E-state index contributed by atoms with van der Waals surface area (Å²) in [6, 6.07) is 8.49. The fourth-order valence-corrected chi connectivity index (χ4v) is 3.07. The van der Waals surface area contributed by atoms with Gasteiger partial charge in [-0.2, -0.15) is 0 Å². The van der Waals surface area contributed by atoms with E-state index in [0.29, 0.717) is 0 Å². The molecule has 0 saturated heterocycles. The number of nitrogens with one attached hydrogen (secondary N) is 2. The standard InChI is InChI=1S/C12H16N2OS/c1-8(12(15)13-2)14-10-7-16-11-6-4-3-5-9(10)11/h3-6,8,10,14H,7H2,1-2H3,(H,13,15). The first kappa shape index (κ1) is 11.5. The molecular weight excluding hydrogens is 220 g/mol. The molecule has 3 nitrogen and oxygen atoms in total. The SMILES string of the molecule is CNC(=O)C(C)NC1CSc2ccccc21. The number of hydrogen-bond donors (Lipinski definition) is 2. The van der Waals surface area contributed by atoms with E-state index in [1.165, 1.54) is 10.5 Å². The summed E-state index contributed by atoms with van der Waals surface area (Å²) in [5.41, 5.74) is 1.31. The summed E-state index contributed by atoms with van der Waals surface area (Å²) in [5, 5.41) is 6.01. The molecule has 0 spiro atoms. The molecule has 1 amide bonds. The van der Waals surface area contributed by atoms with Gasteiger partial charge in [-0.25, -0.2) is 0 Å². The number of fused-ring (bicyclic) bond motifs is 1. The number of amides is 1. The van der Waals surface area contributed by atoms with Crippen molar-refractivity contribution in [1.82, 2.24) is 10.6 Å². The average molecular weight is 236 g/mol. The molecule has 1 aliphatic heterocycles. The zero-order valence-corrected chi connectivity index (χ0v) is 10.3. The van der Waals surface area contributed by atoms with Gasteiger partial charge in [0.1, 0.15) is 0 Å². The minimum Gasteiger partial charge on any atom is -0.358 e. The summed E-state index contributed by atoms with van der Waals surface area (Å²) in [6.45, 7) is 1.89. The lowest BCUT2D eigenvalue weighted by Gasteiger charge is -2.18. The number of thioether (sulfide) groups is 1. The molecule has 0 fully saturated rings. The van der Waals surface area contributed by atoms with Gasteiger partial charge in [-0.15, -0.1) is 11.8 Å². The lowest BCUT2D eigenvalue weighted by molar-refractivity contribution is -0.122. The molecule has 0 radical (unpaired) electrons. The molecule has 2 rings (SSSR count). The van der Waals surface area contributed by atoms with Gasteiger partial charge in [-0.05, 0) is 18.6 Å². The molecule has 1 heterocycles. The van der Waals surface area contributed by atoms with E-state index in [-0.39, 0.29) is 18.0 Å². The molecule has 1 aliphatic rings. The predicted molar refractivity (Wildman–Crippen MR) is 66.6 cm³/mol. The number of hydrogen-bond acceptors (Lipinski definition) is 3. The van der Waals surface area contributed by atoms with Gasteiger partial charge in [0.15, 0.2) is 0 Å². The maximum Gasteiger partial charge on any atom is 0.236 e. The first-order valence-corrected chi connectivity index (χ1v) is 6.40. The van der Waals surface area contributed by atoms with E-state index < -0.39 is 0 Å². The number of carbonyl (C=O) groups is 1. The summed E-state index contributed by atoms with van der Waals surface area (Å²) in [5.74, 6) is 1.04. The highest BCUT2D eigenvalue weighted by atomic mass is 32.2. The van der Waals surface area contributed by atoms with Crippen molar-refractivity contribution < 1.29 is 4.79 Å². The maximum absolute atomic E-state index is 11.4. The van der Waals surface area contributed by atoms with Crippen molar-refractivity contribution in [2.45, 2.75) is 23.9 Å². The third-order valence-corrected chi connectivity index (χ3v) is 3.97. The van der Waals surface area contributed by atoms with Crippen molar-refractivity contribution in [3.05, 3.63) is 29.8 Å². The molecule has 0 bridgehead atoms. The Balaban J connectivity index is 2.06. The van der Waals surface area contributed by atoms with Crippen LogP contribution in [0.5, 0.6) is 0 Å². The van der Waals surface area contributed by atoms with Gasteiger partial charge in [0.05, 0.1) is 6.04 Å². The topological polar surface area (TPSA) is 41.1 Å². The number of benzene rings is 1. The van der Waals surface area contributed by atoms with Gasteiger partial charge >= 0.3 is 0 Å². The van der Waals surface area contributed by atoms with Crippen LogP contribution in [0, 0.1) is 0 Å². The van der Waals surface area contributed by atoms with Crippen molar-refractivity contribution in [3.63, 3.8) is 0 Å². The Hall–Kier alpha value is -1.00. The Morgan fingerprint density at radius 2 is 2.25 bits per heavy atom. The third kappa shape index (κ3) is 2.23. The molecule has 0 aliphatic carbocycles. The summed E-state index contributed by atoms with van der Waals surface area (Å²) in [4.78, 5) is 12.8. The van der Waals surface area contributed by atoms with E-state index in [4.69, 9.17) is 0 Å².